The van der Waals surface area contributed by atoms with Crippen molar-refractivity contribution in [3.8, 4) is 5.75 Å². The summed E-state index contributed by atoms with van der Waals surface area (Å²) in [5.74, 6) is 3.00. The number of aromatic nitrogens is 2. The highest BCUT2D eigenvalue weighted by Crippen LogP contribution is 2.62. The first kappa shape index (κ1) is 19.6. The molecule has 8 heteroatoms. The maximum absolute atomic E-state index is 13.0. The molecule has 0 spiro atoms. The topological polar surface area (TPSA) is 97.5 Å². The molecule has 1 aromatic heterocycles. The molecular weight excluding hydrogens is 418 g/mol. The first-order valence-electron chi connectivity index (χ1n) is 11.1. The largest absolute Gasteiger partial charge is 0.480 e. The minimum Gasteiger partial charge on any atom is -0.480 e. The number of hydrogen-bond donors (Lipinski definition) is 2. The number of nitrogens with zero attached hydrogens (tertiary/aromatic N) is 2. The SMILES string of the molecule is CC1CC(c2nnc(C34CCC(NC(=O)[C@H]5C[C@@H](O)c6cc(Cl)ccc6O5)(C3)C4)o2)C1. The van der Waals surface area contributed by atoms with E-state index < -0.39 is 12.2 Å². The Balaban J connectivity index is 1.11. The van der Waals surface area contributed by atoms with E-state index in [-0.39, 0.29) is 23.3 Å². The zero-order valence-corrected chi connectivity index (χ0v) is 18.2. The van der Waals surface area contributed by atoms with Gasteiger partial charge in [-0.05, 0) is 62.6 Å². The first-order valence-corrected chi connectivity index (χ1v) is 11.5. The number of aliphatic hydroxyl groups excluding tert-OH is 1. The minimum atomic E-state index is -0.772. The molecule has 7 nitrogen and oxygen atoms in total. The van der Waals surface area contributed by atoms with Crippen LogP contribution in [0.15, 0.2) is 22.6 Å². The van der Waals surface area contributed by atoms with Crippen molar-refractivity contribution < 1.29 is 19.1 Å². The van der Waals surface area contributed by atoms with Crippen LogP contribution in [-0.4, -0.2) is 32.9 Å². The molecule has 4 fully saturated rings. The number of halogens is 1. The summed E-state index contributed by atoms with van der Waals surface area (Å²) in [5, 5.41) is 22.9. The summed E-state index contributed by atoms with van der Waals surface area (Å²) in [7, 11) is 0. The molecule has 0 radical (unpaired) electrons. The Morgan fingerprint density at radius 1 is 1.23 bits per heavy atom. The fraction of sp³-hybridized carbons (Fsp3) is 0.609. The van der Waals surface area contributed by atoms with Crippen LogP contribution in [0, 0.1) is 5.92 Å². The van der Waals surface area contributed by atoms with Gasteiger partial charge in [-0.3, -0.25) is 4.79 Å². The van der Waals surface area contributed by atoms with Gasteiger partial charge in [-0.25, -0.2) is 0 Å². The van der Waals surface area contributed by atoms with Gasteiger partial charge in [0, 0.05) is 28.5 Å². The van der Waals surface area contributed by atoms with E-state index in [4.69, 9.17) is 20.8 Å². The summed E-state index contributed by atoms with van der Waals surface area (Å²) in [4.78, 5) is 13.0. The maximum atomic E-state index is 13.0. The van der Waals surface area contributed by atoms with Crippen LogP contribution >= 0.6 is 11.6 Å². The average molecular weight is 444 g/mol. The van der Waals surface area contributed by atoms with E-state index in [1.165, 1.54) is 0 Å². The number of benzene rings is 1. The first-order chi connectivity index (χ1) is 14.8. The van der Waals surface area contributed by atoms with Crippen LogP contribution in [0.25, 0.3) is 0 Å². The van der Waals surface area contributed by atoms with E-state index in [2.05, 4.69) is 22.4 Å². The Morgan fingerprint density at radius 3 is 2.81 bits per heavy atom. The average Bonchev–Trinajstić information content (AvgIpc) is 3.39. The molecule has 1 amide bonds. The highest BCUT2D eigenvalue weighted by atomic mass is 35.5. The van der Waals surface area contributed by atoms with Gasteiger partial charge in [0.1, 0.15) is 5.75 Å². The number of fused-ring (bicyclic) bond motifs is 2. The summed E-state index contributed by atoms with van der Waals surface area (Å²) in [5.41, 5.74) is 0.279. The molecule has 5 aliphatic rings. The van der Waals surface area contributed by atoms with E-state index in [9.17, 15) is 9.90 Å². The standard InChI is InChI=1S/C23H26ClN3O4/c1-12-6-13(7-12)20-26-27-21(31-20)22-4-5-23(10-22,11-22)25-19(29)18-9-16(28)15-8-14(24)2-3-17(15)30-18/h2-3,8,12-13,16,18,28H,4-7,9-11H2,1H3,(H,25,29)/t12?,13?,16-,18-,22?,23?/m1/s1. The van der Waals surface area contributed by atoms with Gasteiger partial charge in [-0.2, -0.15) is 0 Å². The van der Waals surface area contributed by atoms with E-state index in [0.29, 0.717) is 22.3 Å². The van der Waals surface area contributed by atoms with Crippen LogP contribution in [0.2, 0.25) is 5.02 Å². The summed E-state index contributed by atoms with van der Waals surface area (Å²) in [6.07, 6.45) is 4.42. The van der Waals surface area contributed by atoms with E-state index in [0.717, 1.165) is 56.2 Å². The molecule has 2 atom stereocenters. The molecule has 2 N–H and O–H groups in total. The molecule has 2 aromatic rings. The van der Waals surface area contributed by atoms with Gasteiger partial charge in [0.2, 0.25) is 11.8 Å². The molecule has 7 rings (SSSR count). The Labute approximate surface area is 185 Å². The number of carbonyl (C=O) groups is 1. The van der Waals surface area contributed by atoms with Crippen LogP contribution in [0.1, 0.15) is 81.2 Å². The third-order valence-corrected chi connectivity index (χ3v) is 8.01. The second-order valence-electron chi connectivity index (χ2n) is 10.2. The van der Waals surface area contributed by atoms with Gasteiger partial charge >= 0.3 is 0 Å². The predicted molar refractivity (Wildman–Crippen MR) is 112 cm³/mol. The molecule has 4 saturated carbocycles. The van der Waals surface area contributed by atoms with Gasteiger partial charge in [-0.1, -0.05) is 18.5 Å². The molecule has 0 saturated heterocycles. The fourth-order valence-corrected chi connectivity index (χ4v) is 6.30. The Hall–Kier alpha value is -2.12. The number of amides is 1. The van der Waals surface area contributed by atoms with Crippen molar-refractivity contribution in [3.05, 3.63) is 40.6 Å². The third-order valence-electron chi connectivity index (χ3n) is 7.77. The van der Waals surface area contributed by atoms with Gasteiger partial charge in [-0.15, -0.1) is 10.2 Å². The van der Waals surface area contributed by atoms with Crippen LogP contribution in [0.5, 0.6) is 5.75 Å². The Kier molecular flexibility index (Phi) is 4.22. The Morgan fingerprint density at radius 2 is 2.03 bits per heavy atom. The van der Waals surface area contributed by atoms with Crippen molar-refractivity contribution in [2.45, 2.75) is 80.9 Å². The summed E-state index contributed by atoms with van der Waals surface area (Å²) >= 11 is 6.01. The maximum Gasteiger partial charge on any atom is 0.261 e. The van der Waals surface area contributed by atoms with Gasteiger partial charge < -0.3 is 19.6 Å². The number of carbonyl (C=O) groups excluding carboxylic acids is 1. The number of rotatable bonds is 4. The third kappa shape index (κ3) is 3.08. The van der Waals surface area contributed by atoms with Crippen molar-refractivity contribution in [1.82, 2.24) is 15.5 Å². The molecule has 2 bridgehead atoms. The highest BCUT2D eigenvalue weighted by molar-refractivity contribution is 6.30. The van der Waals surface area contributed by atoms with Crippen molar-refractivity contribution in [2.24, 2.45) is 5.92 Å². The quantitative estimate of drug-likeness (QED) is 0.745. The molecular formula is C23H26ClN3O4. The lowest BCUT2D eigenvalue weighted by Gasteiger charge is -2.46. The molecule has 0 unspecified atom stereocenters. The number of nitrogens with one attached hydrogen (secondary N) is 1. The summed E-state index contributed by atoms with van der Waals surface area (Å²) in [6, 6.07) is 5.10. The van der Waals surface area contributed by atoms with E-state index >= 15 is 0 Å². The molecule has 1 aromatic carbocycles. The summed E-state index contributed by atoms with van der Waals surface area (Å²) < 4.78 is 12.0. The monoisotopic (exact) mass is 443 g/mol. The number of aliphatic hydroxyl groups is 1. The van der Waals surface area contributed by atoms with E-state index in [1.807, 2.05) is 0 Å². The zero-order chi connectivity index (χ0) is 21.4. The highest BCUT2D eigenvalue weighted by Gasteiger charge is 2.65. The lowest BCUT2D eigenvalue weighted by atomic mass is 9.65. The second kappa shape index (κ2) is 6.69. The van der Waals surface area contributed by atoms with Crippen LogP contribution in [0.4, 0.5) is 0 Å². The van der Waals surface area contributed by atoms with Gasteiger partial charge in [0.25, 0.3) is 5.91 Å². The Bertz CT molecular complexity index is 1040. The van der Waals surface area contributed by atoms with Gasteiger partial charge in [0.05, 0.1) is 11.5 Å². The molecule has 2 heterocycles. The predicted octanol–water partition coefficient (Wildman–Crippen LogP) is 3.80. The van der Waals surface area contributed by atoms with Crippen molar-refractivity contribution in [2.75, 3.05) is 0 Å². The smallest absolute Gasteiger partial charge is 0.261 e. The summed E-state index contributed by atoms with van der Waals surface area (Å²) in [6.45, 7) is 2.25. The minimum absolute atomic E-state index is 0.107. The molecule has 4 aliphatic carbocycles. The molecule has 164 valence electrons. The lowest BCUT2D eigenvalue weighted by molar-refractivity contribution is -0.133. The normalized spacial score (nSPS) is 37.9. The van der Waals surface area contributed by atoms with Crippen molar-refractivity contribution >= 4 is 17.5 Å². The van der Waals surface area contributed by atoms with Crippen LogP contribution < -0.4 is 10.1 Å². The fourth-order valence-electron chi connectivity index (χ4n) is 6.12. The number of ether oxygens (including phenoxy) is 1. The number of hydrogen-bond acceptors (Lipinski definition) is 6. The zero-order valence-electron chi connectivity index (χ0n) is 17.4. The molecule has 1 aliphatic heterocycles. The van der Waals surface area contributed by atoms with Crippen LogP contribution in [0.3, 0.4) is 0 Å². The molecule has 31 heavy (non-hydrogen) atoms. The van der Waals surface area contributed by atoms with E-state index in [1.54, 1.807) is 18.2 Å². The lowest BCUT2D eigenvalue weighted by Crippen LogP contribution is -2.60. The van der Waals surface area contributed by atoms with Gasteiger partial charge in [0.15, 0.2) is 6.10 Å². The van der Waals surface area contributed by atoms with Crippen LogP contribution in [-0.2, 0) is 10.2 Å². The second-order valence-corrected chi connectivity index (χ2v) is 10.6. The van der Waals surface area contributed by atoms with Crippen molar-refractivity contribution in [3.63, 3.8) is 0 Å². The van der Waals surface area contributed by atoms with Crippen molar-refractivity contribution in [1.29, 1.82) is 0 Å².